The number of nitrogens with zero attached hydrogens (tertiary/aromatic N) is 1. The molecule has 0 aromatic carbocycles. The Morgan fingerprint density at radius 1 is 1.12 bits per heavy atom. The molecule has 7 heteroatoms. The first-order valence-electron chi connectivity index (χ1n) is 9.23. The number of sulfone groups is 1. The standard InChI is InChI=1S/C17H30N2O3S.ClH/c20-16(5-4-15-6-10-18-11-7-15)19-12-13-23(21,22)17(14-19)8-2-1-3-9-17;/h15,18H,1-14H2;1H. The van der Waals surface area contributed by atoms with Crippen LogP contribution in [0.5, 0.6) is 0 Å². The highest BCUT2D eigenvalue weighted by molar-refractivity contribution is 7.92. The molecule has 0 unspecified atom stereocenters. The Kier molecular flexibility index (Phi) is 6.97. The van der Waals surface area contributed by atoms with Crippen LogP contribution in [0, 0.1) is 5.92 Å². The van der Waals surface area contributed by atoms with Gasteiger partial charge in [-0.2, -0.15) is 0 Å². The lowest BCUT2D eigenvalue weighted by Crippen LogP contribution is -2.58. The van der Waals surface area contributed by atoms with Gasteiger partial charge in [-0.15, -0.1) is 12.4 Å². The van der Waals surface area contributed by atoms with E-state index in [1.165, 1.54) is 0 Å². The monoisotopic (exact) mass is 378 g/mol. The van der Waals surface area contributed by atoms with Gasteiger partial charge in [0.25, 0.3) is 0 Å². The van der Waals surface area contributed by atoms with Crippen molar-refractivity contribution in [3.05, 3.63) is 0 Å². The van der Waals surface area contributed by atoms with Crippen LogP contribution in [-0.4, -0.2) is 55.9 Å². The van der Waals surface area contributed by atoms with Crippen LogP contribution in [0.25, 0.3) is 0 Å². The predicted octanol–water partition coefficient (Wildman–Crippen LogP) is 2.15. The van der Waals surface area contributed by atoms with E-state index in [0.29, 0.717) is 25.4 Å². The highest BCUT2D eigenvalue weighted by Gasteiger charge is 2.48. The maximum Gasteiger partial charge on any atom is 0.222 e. The third kappa shape index (κ3) is 4.25. The molecule has 0 bridgehead atoms. The normalized spacial score (nSPS) is 26.8. The first kappa shape index (κ1) is 20.0. The van der Waals surface area contributed by atoms with Crippen LogP contribution in [0.15, 0.2) is 0 Å². The van der Waals surface area contributed by atoms with Crippen LogP contribution in [0.2, 0.25) is 0 Å². The smallest absolute Gasteiger partial charge is 0.222 e. The second kappa shape index (κ2) is 8.37. The van der Waals surface area contributed by atoms with E-state index in [-0.39, 0.29) is 24.1 Å². The maximum absolute atomic E-state index is 12.6. The lowest BCUT2D eigenvalue weighted by molar-refractivity contribution is -0.132. The van der Waals surface area contributed by atoms with Gasteiger partial charge in [0.05, 0.1) is 10.5 Å². The van der Waals surface area contributed by atoms with Crippen molar-refractivity contribution in [2.75, 3.05) is 31.9 Å². The van der Waals surface area contributed by atoms with E-state index in [1.54, 1.807) is 0 Å². The van der Waals surface area contributed by atoms with E-state index < -0.39 is 14.6 Å². The van der Waals surface area contributed by atoms with Gasteiger partial charge in [-0.25, -0.2) is 8.42 Å². The van der Waals surface area contributed by atoms with Gasteiger partial charge in [0, 0.05) is 19.5 Å². The number of halogens is 1. The molecule has 1 saturated carbocycles. The lowest BCUT2D eigenvalue weighted by atomic mass is 9.87. The Morgan fingerprint density at radius 3 is 2.46 bits per heavy atom. The minimum absolute atomic E-state index is 0. The molecule has 1 amide bonds. The molecule has 0 atom stereocenters. The SMILES string of the molecule is Cl.O=C(CCC1CCNCC1)N1CCS(=O)(=O)C2(CCCCC2)C1. The molecule has 3 aliphatic rings. The van der Waals surface area contributed by atoms with Crippen molar-refractivity contribution in [3.63, 3.8) is 0 Å². The molecule has 3 fully saturated rings. The third-order valence-corrected chi connectivity index (χ3v) is 8.69. The second-order valence-corrected chi connectivity index (χ2v) is 10.1. The van der Waals surface area contributed by atoms with Gasteiger partial charge in [-0.1, -0.05) is 19.3 Å². The van der Waals surface area contributed by atoms with Gasteiger partial charge >= 0.3 is 0 Å². The van der Waals surface area contributed by atoms with Crippen LogP contribution in [0.1, 0.15) is 57.8 Å². The molecule has 0 aromatic heterocycles. The summed E-state index contributed by atoms with van der Waals surface area (Å²) in [5, 5.41) is 3.35. The van der Waals surface area contributed by atoms with Crippen molar-refractivity contribution in [3.8, 4) is 0 Å². The molecule has 3 rings (SSSR count). The molecule has 140 valence electrons. The van der Waals surface area contributed by atoms with Gasteiger partial charge in [-0.05, 0) is 51.1 Å². The Bertz CT molecular complexity index is 526. The summed E-state index contributed by atoms with van der Waals surface area (Å²) in [4.78, 5) is 14.4. The van der Waals surface area contributed by atoms with E-state index in [9.17, 15) is 13.2 Å². The molecular formula is C17H31ClN2O3S. The van der Waals surface area contributed by atoms with E-state index in [2.05, 4.69) is 5.32 Å². The first-order valence-corrected chi connectivity index (χ1v) is 10.9. The summed E-state index contributed by atoms with van der Waals surface area (Å²) >= 11 is 0. The fourth-order valence-electron chi connectivity index (χ4n) is 4.51. The Morgan fingerprint density at radius 2 is 1.79 bits per heavy atom. The second-order valence-electron chi connectivity index (χ2n) is 7.61. The molecule has 1 spiro atoms. The largest absolute Gasteiger partial charge is 0.340 e. The van der Waals surface area contributed by atoms with Crippen molar-refractivity contribution in [2.24, 2.45) is 5.92 Å². The molecule has 2 aliphatic heterocycles. The van der Waals surface area contributed by atoms with E-state index in [0.717, 1.165) is 64.5 Å². The summed E-state index contributed by atoms with van der Waals surface area (Å²) in [5.41, 5.74) is 0. The summed E-state index contributed by atoms with van der Waals surface area (Å²) in [6.45, 7) is 2.96. The van der Waals surface area contributed by atoms with E-state index in [1.807, 2.05) is 4.90 Å². The minimum atomic E-state index is -3.05. The first-order chi connectivity index (χ1) is 11.0. The average molecular weight is 379 g/mol. The topological polar surface area (TPSA) is 66.5 Å². The van der Waals surface area contributed by atoms with Crippen molar-refractivity contribution in [2.45, 2.75) is 62.5 Å². The van der Waals surface area contributed by atoms with Crippen molar-refractivity contribution < 1.29 is 13.2 Å². The summed E-state index contributed by atoms with van der Waals surface area (Å²) in [7, 11) is -3.05. The van der Waals surface area contributed by atoms with E-state index in [4.69, 9.17) is 0 Å². The van der Waals surface area contributed by atoms with Gasteiger partial charge in [0.2, 0.25) is 5.91 Å². The summed E-state index contributed by atoms with van der Waals surface area (Å²) in [6, 6.07) is 0. The number of hydrogen-bond acceptors (Lipinski definition) is 4. The molecule has 1 aliphatic carbocycles. The number of amides is 1. The number of piperidine rings is 1. The highest BCUT2D eigenvalue weighted by Crippen LogP contribution is 2.39. The number of nitrogens with one attached hydrogen (secondary N) is 1. The quantitative estimate of drug-likeness (QED) is 0.817. The van der Waals surface area contributed by atoms with Gasteiger partial charge in [-0.3, -0.25) is 4.79 Å². The maximum atomic E-state index is 12.6. The number of rotatable bonds is 3. The third-order valence-electron chi connectivity index (χ3n) is 6.11. The zero-order chi connectivity index (χ0) is 16.3. The Balaban J connectivity index is 0.00000208. The molecule has 2 saturated heterocycles. The van der Waals surface area contributed by atoms with Crippen LogP contribution in [-0.2, 0) is 14.6 Å². The highest BCUT2D eigenvalue weighted by atomic mass is 35.5. The van der Waals surface area contributed by atoms with Gasteiger partial charge < -0.3 is 10.2 Å². The Labute approximate surface area is 152 Å². The summed E-state index contributed by atoms with van der Waals surface area (Å²) in [5.74, 6) is 0.979. The minimum Gasteiger partial charge on any atom is -0.340 e. The predicted molar refractivity (Wildman–Crippen MR) is 98.3 cm³/mol. The molecule has 0 aromatic rings. The summed E-state index contributed by atoms with van der Waals surface area (Å²) < 4.78 is 24.5. The zero-order valence-corrected chi connectivity index (χ0v) is 16.1. The van der Waals surface area contributed by atoms with Gasteiger partial charge in [0.1, 0.15) is 0 Å². The fourth-order valence-corrected chi connectivity index (χ4v) is 6.66. The van der Waals surface area contributed by atoms with Crippen LogP contribution >= 0.6 is 12.4 Å². The van der Waals surface area contributed by atoms with Crippen LogP contribution in [0.4, 0.5) is 0 Å². The molecule has 1 N–H and O–H groups in total. The molecule has 5 nitrogen and oxygen atoms in total. The van der Waals surface area contributed by atoms with E-state index >= 15 is 0 Å². The number of hydrogen-bond donors (Lipinski definition) is 1. The number of carbonyl (C=O) groups excluding carboxylic acids is 1. The number of carbonyl (C=O) groups is 1. The Hall–Kier alpha value is -0.330. The average Bonchev–Trinajstić information content (AvgIpc) is 2.57. The molecule has 2 heterocycles. The lowest BCUT2D eigenvalue weighted by Gasteiger charge is -2.44. The van der Waals surface area contributed by atoms with Crippen molar-refractivity contribution >= 4 is 28.2 Å². The molecular weight excluding hydrogens is 348 g/mol. The zero-order valence-electron chi connectivity index (χ0n) is 14.5. The summed E-state index contributed by atoms with van der Waals surface area (Å²) in [6.07, 6.45) is 8.43. The van der Waals surface area contributed by atoms with Crippen molar-refractivity contribution in [1.29, 1.82) is 0 Å². The van der Waals surface area contributed by atoms with Gasteiger partial charge in [0.15, 0.2) is 9.84 Å². The van der Waals surface area contributed by atoms with Crippen LogP contribution in [0.3, 0.4) is 0 Å². The fraction of sp³-hybridized carbons (Fsp3) is 0.941. The molecule has 24 heavy (non-hydrogen) atoms. The van der Waals surface area contributed by atoms with Crippen molar-refractivity contribution in [1.82, 2.24) is 10.2 Å². The molecule has 0 radical (unpaired) electrons. The van der Waals surface area contributed by atoms with Crippen LogP contribution < -0.4 is 5.32 Å².